The first-order chi connectivity index (χ1) is 8.56. The fourth-order valence-corrected chi connectivity index (χ4v) is 1.85. The number of nitrogens with zero attached hydrogens (tertiary/aromatic N) is 1. The Bertz CT molecular complexity index is 500. The molecule has 18 heavy (non-hydrogen) atoms. The van der Waals surface area contributed by atoms with Crippen LogP contribution in [0.25, 0.3) is 0 Å². The monoisotopic (exact) mass is 264 g/mol. The molecular weight excluding hydrogens is 248 g/mol. The van der Waals surface area contributed by atoms with Gasteiger partial charge in [0, 0.05) is 11.1 Å². The standard InChI is InChI=1S/C14H17ClN2O/c1-9-11(3)18-14(17-9)8-16-10(2)12-4-6-13(15)7-5-12/h4-7,10,16H,8H2,1-3H3/t10-/m0/s1. The Morgan fingerprint density at radius 3 is 2.50 bits per heavy atom. The van der Waals surface area contributed by atoms with E-state index in [1.165, 1.54) is 5.56 Å². The highest BCUT2D eigenvalue weighted by atomic mass is 35.5. The molecular formula is C14H17ClN2O. The normalized spacial score (nSPS) is 12.7. The van der Waals surface area contributed by atoms with Crippen molar-refractivity contribution < 1.29 is 4.42 Å². The largest absolute Gasteiger partial charge is 0.444 e. The van der Waals surface area contributed by atoms with Crippen molar-refractivity contribution in [2.24, 2.45) is 0 Å². The van der Waals surface area contributed by atoms with Gasteiger partial charge in [0.2, 0.25) is 5.89 Å². The minimum atomic E-state index is 0.231. The molecule has 1 heterocycles. The first kappa shape index (κ1) is 13.1. The molecule has 0 aliphatic carbocycles. The summed E-state index contributed by atoms with van der Waals surface area (Å²) in [6, 6.07) is 8.07. The van der Waals surface area contributed by atoms with Gasteiger partial charge in [0.25, 0.3) is 0 Å². The molecule has 1 aromatic carbocycles. The second-order valence-corrected chi connectivity index (χ2v) is 4.84. The van der Waals surface area contributed by atoms with Gasteiger partial charge in [-0.05, 0) is 38.5 Å². The topological polar surface area (TPSA) is 38.1 Å². The van der Waals surface area contributed by atoms with E-state index in [-0.39, 0.29) is 6.04 Å². The lowest BCUT2D eigenvalue weighted by molar-refractivity contribution is 0.432. The number of nitrogens with one attached hydrogen (secondary N) is 1. The lowest BCUT2D eigenvalue weighted by atomic mass is 10.1. The van der Waals surface area contributed by atoms with Crippen LogP contribution < -0.4 is 5.32 Å². The third-order valence-corrected chi connectivity index (χ3v) is 3.25. The lowest BCUT2D eigenvalue weighted by Crippen LogP contribution is -2.18. The molecule has 0 spiro atoms. The Labute approximate surface area is 112 Å². The summed E-state index contributed by atoms with van der Waals surface area (Å²) >= 11 is 5.86. The molecule has 2 rings (SSSR count). The van der Waals surface area contributed by atoms with Gasteiger partial charge in [-0.25, -0.2) is 4.98 Å². The van der Waals surface area contributed by atoms with Crippen LogP contribution in [0.1, 0.15) is 35.9 Å². The van der Waals surface area contributed by atoms with E-state index in [0.717, 1.165) is 22.4 Å². The van der Waals surface area contributed by atoms with Crippen LogP contribution in [0.4, 0.5) is 0 Å². The first-order valence-electron chi connectivity index (χ1n) is 5.98. The third-order valence-electron chi connectivity index (χ3n) is 3.00. The van der Waals surface area contributed by atoms with E-state index >= 15 is 0 Å². The van der Waals surface area contributed by atoms with Gasteiger partial charge < -0.3 is 9.73 Å². The van der Waals surface area contributed by atoms with E-state index in [2.05, 4.69) is 17.2 Å². The molecule has 0 amide bonds. The summed E-state index contributed by atoms with van der Waals surface area (Å²) in [4.78, 5) is 4.34. The average Bonchev–Trinajstić information content (AvgIpc) is 2.67. The summed E-state index contributed by atoms with van der Waals surface area (Å²) in [6.45, 7) is 6.60. The van der Waals surface area contributed by atoms with Gasteiger partial charge in [-0.2, -0.15) is 0 Å². The second-order valence-electron chi connectivity index (χ2n) is 4.40. The first-order valence-corrected chi connectivity index (χ1v) is 6.36. The number of oxazole rings is 1. The van der Waals surface area contributed by atoms with Crippen LogP contribution in [0, 0.1) is 13.8 Å². The summed E-state index contributed by atoms with van der Waals surface area (Å²) in [5.41, 5.74) is 2.14. The Morgan fingerprint density at radius 1 is 1.28 bits per heavy atom. The van der Waals surface area contributed by atoms with Crippen molar-refractivity contribution in [1.82, 2.24) is 10.3 Å². The number of aromatic nitrogens is 1. The minimum absolute atomic E-state index is 0.231. The lowest BCUT2D eigenvalue weighted by Gasteiger charge is -2.12. The number of benzene rings is 1. The highest BCUT2D eigenvalue weighted by Gasteiger charge is 2.08. The van der Waals surface area contributed by atoms with Crippen LogP contribution >= 0.6 is 11.6 Å². The van der Waals surface area contributed by atoms with Crippen molar-refractivity contribution >= 4 is 11.6 Å². The second kappa shape index (κ2) is 5.55. The fourth-order valence-electron chi connectivity index (χ4n) is 1.72. The predicted molar refractivity (Wildman–Crippen MR) is 72.7 cm³/mol. The van der Waals surface area contributed by atoms with Gasteiger partial charge in [-0.15, -0.1) is 0 Å². The molecule has 0 bridgehead atoms. The van der Waals surface area contributed by atoms with Crippen LogP contribution in [0.3, 0.4) is 0 Å². The molecule has 1 aromatic heterocycles. The fraction of sp³-hybridized carbons (Fsp3) is 0.357. The van der Waals surface area contributed by atoms with E-state index in [9.17, 15) is 0 Å². The molecule has 2 aromatic rings. The number of hydrogen-bond acceptors (Lipinski definition) is 3. The molecule has 4 heteroatoms. The molecule has 3 nitrogen and oxygen atoms in total. The molecule has 0 aliphatic rings. The SMILES string of the molecule is Cc1nc(CN[C@@H](C)c2ccc(Cl)cc2)oc1C. The summed E-state index contributed by atoms with van der Waals surface area (Å²) in [7, 11) is 0. The van der Waals surface area contributed by atoms with Gasteiger partial charge in [0.1, 0.15) is 5.76 Å². The van der Waals surface area contributed by atoms with Crippen molar-refractivity contribution in [1.29, 1.82) is 0 Å². The molecule has 0 radical (unpaired) electrons. The summed E-state index contributed by atoms with van der Waals surface area (Å²) in [5.74, 6) is 1.61. The maximum absolute atomic E-state index is 5.86. The summed E-state index contributed by atoms with van der Waals surface area (Å²) in [6.07, 6.45) is 0. The smallest absolute Gasteiger partial charge is 0.208 e. The zero-order valence-electron chi connectivity index (χ0n) is 10.8. The van der Waals surface area contributed by atoms with Gasteiger partial charge in [-0.1, -0.05) is 23.7 Å². The predicted octanol–water partition coefficient (Wildman–Crippen LogP) is 3.80. The van der Waals surface area contributed by atoms with E-state index in [1.54, 1.807) is 0 Å². The number of hydrogen-bond donors (Lipinski definition) is 1. The van der Waals surface area contributed by atoms with E-state index in [0.29, 0.717) is 6.54 Å². The van der Waals surface area contributed by atoms with E-state index in [1.807, 2.05) is 38.1 Å². The quantitative estimate of drug-likeness (QED) is 0.913. The Balaban J connectivity index is 1.95. The van der Waals surface area contributed by atoms with Gasteiger partial charge in [-0.3, -0.25) is 0 Å². The highest BCUT2D eigenvalue weighted by molar-refractivity contribution is 6.30. The van der Waals surface area contributed by atoms with Crippen molar-refractivity contribution in [3.8, 4) is 0 Å². The van der Waals surface area contributed by atoms with E-state index < -0.39 is 0 Å². The number of aryl methyl sites for hydroxylation is 2. The Morgan fingerprint density at radius 2 is 1.94 bits per heavy atom. The van der Waals surface area contributed by atoms with Crippen LogP contribution in [0.2, 0.25) is 5.02 Å². The minimum Gasteiger partial charge on any atom is -0.444 e. The Kier molecular flexibility index (Phi) is 4.04. The molecule has 1 N–H and O–H groups in total. The summed E-state index contributed by atoms with van der Waals surface area (Å²) < 4.78 is 5.52. The molecule has 1 atom stereocenters. The molecule has 0 fully saturated rings. The van der Waals surface area contributed by atoms with Crippen LogP contribution in [-0.4, -0.2) is 4.98 Å². The highest BCUT2D eigenvalue weighted by Crippen LogP contribution is 2.17. The van der Waals surface area contributed by atoms with Crippen LogP contribution in [0.5, 0.6) is 0 Å². The van der Waals surface area contributed by atoms with Crippen LogP contribution in [0.15, 0.2) is 28.7 Å². The zero-order valence-corrected chi connectivity index (χ0v) is 11.6. The van der Waals surface area contributed by atoms with Crippen LogP contribution in [-0.2, 0) is 6.54 Å². The molecule has 0 saturated carbocycles. The Hall–Kier alpha value is -1.32. The third kappa shape index (κ3) is 3.12. The van der Waals surface area contributed by atoms with Gasteiger partial charge >= 0.3 is 0 Å². The number of halogens is 1. The van der Waals surface area contributed by atoms with Crippen molar-refractivity contribution in [3.05, 3.63) is 52.2 Å². The molecule has 96 valence electrons. The molecule has 0 unspecified atom stereocenters. The maximum atomic E-state index is 5.86. The molecule has 0 aliphatic heterocycles. The average molecular weight is 265 g/mol. The number of rotatable bonds is 4. The zero-order chi connectivity index (χ0) is 13.1. The van der Waals surface area contributed by atoms with Crippen molar-refractivity contribution in [2.75, 3.05) is 0 Å². The van der Waals surface area contributed by atoms with Crippen molar-refractivity contribution in [2.45, 2.75) is 33.4 Å². The van der Waals surface area contributed by atoms with E-state index in [4.69, 9.17) is 16.0 Å². The van der Waals surface area contributed by atoms with Crippen molar-refractivity contribution in [3.63, 3.8) is 0 Å². The maximum Gasteiger partial charge on any atom is 0.208 e. The summed E-state index contributed by atoms with van der Waals surface area (Å²) in [5, 5.41) is 4.13. The van der Waals surface area contributed by atoms with Gasteiger partial charge in [0.15, 0.2) is 0 Å². The molecule has 0 saturated heterocycles. The van der Waals surface area contributed by atoms with Gasteiger partial charge in [0.05, 0.1) is 12.2 Å².